The first kappa shape index (κ1) is 11.1. The molecule has 1 heterocycles. The minimum Gasteiger partial charge on any atom is -0.282 e. The molecule has 3 nitrogen and oxygen atoms in total. The summed E-state index contributed by atoms with van der Waals surface area (Å²) in [6.45, 7) is 0.522. The summed E-state index contributed by atoms with van der Waals surface area (Å²) in [5, 5.41) is 0.678. The van der Waals surface area contributed by atoms with E-state index >= 15 is 0 Å². The van der Waals surface area contributed by atoms with Crippen LogP contribution >= 0.6 is 15.9 Å². The Bertz CT molecular complexity index is 264. The van der Waals surface area contributed by atoms with Crippen LogP contribution in [-0.2, 0) is 9.59 Å². The van der Waals surface area contributed by atoms with Gasteiger partial charge in [-0.3, -0.25) is 14.5 Å². The summed E-state index contributed by atoms with van der Waals surface area (Å²) in [4.78, 5) is 25.1. The minimum atomic E-state index is 0.0348. The lowest BCUT2D eigenvalue weighted by atomic mass is 9.76. The highest BCUT2D eigenvalue weighted by Gasteiger charge is 2.44. The van der Waals surface area contributed by atoms with Crippen molar-refractivity contribution in [2.45, 2.75) is 38.5 Å². The first-order chi connectivity index (χ1) is 7.17. The molecule has 1 spiro atoms. The molecule has 2 rings (SSSR count). The van der Waals surface area contributed by atoms with Crippen LogP contribution in [0.25, 0.3) is 0 Å². The standard InChI is InChI=1S/C11H16BrNO2/c12-5-6-13-9(14)7-11(8-10(13)15)3-1-2-4-11/h1-8H2. The molecule has 1 saturated carbocycles. The maximum Gasteiger partial charge on any atom is 0.229 e. The molecule has 0 bridgehead atoms. The van der Waals surface area contributed by atoms with Gasteiger partial charge in [0.15, 0.2) is 0 Å². The molecule has 15 heavy (non-hydrogen) atoms. The summed E-state index contributed by atoms with van der Waals surface area (Å²) >= 11 is 3.27. The Morgan fingerprint density at radius 2 is 1.67 bits per heavy atom. The summed E-state index contributed by atoms with van der Waals surface area (Å²) < 4.78 is 0. The van der Waals surface area contributed by atoms with Crippen molar-refractivity contribution in [1.29, 1.82) is 0 Å². The largest absolute Gasteiger partial charge is 0.282 e. The van der Waals surface area contributed by atoms with E-state index in [1.165, 1.54) is 17.7 Å². The van der Waals surface area contributed by atoms with Crippen LogP contribution in [-0.4, -0.2) is 28.6 Å². The van der Waals surface area contributed by atoms with Crippen LogP contribution < -0.4 is 0 Å². The van der Waals surface area contributed by atoms with Crippen molar-refractivity contribution >= 4 is 27.7 Å². The number of alkyl halides is 1. The number of nitrogens with zero attached hydrogens (tertiary/aromatic N) is 1. The molecule has 0 unspecified atom stereocenters. The third-order valence-corrected chi connectivity index (χ3v) is 3.98. The third kappa shape index (κ3) is 2.10. The van der Waals surface area contributed by atoms with Crippen LogP contribution in [0.5, 0.6) is 0 Å². The predicted octanol–water partition coefficient (Wildman–Crippen LogP) is 2.09. The number of hydrogen-bond donors (Lipinski definition) is 0. The van der Waals surface area contributed by atoms with Gasteiger partial charge in [0.25, 0.3) is 0 Å². The molecule has 1 saturated heterocycles. The lowest BCUT2D eigenvalue weighted by molar-refractivity contribution is -0.152. The van der Waals surface area contributed by atoms with Gasteiger partial charge in [-0.25, -0.2) is 0 Å². The van der Waals surface area contributed by atoms with Crippen molar-refractivity contribution in [3.05, 3.63) is 0 Å². The van der Waals surface area contributed by atoms with Crippen LogP contribution in [0.15, 0.2) is 0 Å². The van der Waals surface area contributed by atoms with E-state index < -0.39 is 0 Å². The van der Waals surface area contributed by atoms with Gasteiger partial charge in [-0.1, -0.05) is 28.8 Å². The van der Waals surface area contributed by atoms with E-state index in [9.17, 15) is 9.59 Å². The highest BCUT2D eigenvalue weighted by Crippen LogP contribution is 2.46. The fourth-order valence-electron chi connectivity index (χ4n) is 2.85. The van der Waals surface area contributed by atoms with Crippen molar-refractivity contribution < 1.29 is 9.59 Å². The number of likely N-dealkylation sites (tertiary alicyclic amines) is 1. The molecule has 0 N–H and O–H groups in total. The summed E-state index contributed by atoms with van der Waals surface area (Å²) in [6, 6.07) is 0. The maximum atomic E-state index is 11.8. The monoisotopic (exact) mass is 273 g/mol. The number of piperidine rings is 1. The van der Waals surface area contributed by atoms with Gasteiger partial charge in [0.2, 0.25) is 11.8 Å². The normalized spacial score (nSPS) is 25.3. The summed E-state index contributed by atoms with van der Waals surface area (Å²) in [5.41, 5.74) is 0.0387. The second-order valence-corrected chi connectivity index (χ2v) is 5.48. The van der Waals surface area contributed by atoms with Gasteiger partial charge in [0.05, 0.1) is 0 Å². The van der Waals surface area contributed by atoms with Gasteiger partial charge in [-0.05, 0) is 18.3 Å². The van der Waals surface area contributed by atoms with Gasteiger partial charge in [-0.2, -0.15) is 0 Å². The van der Waals surface area contributed by atoms with Crippen molar-refractivity contribution in [3.8, 4) is 0 Å². The predicted molar refractivity (Wildman–Crippen MR) is 60.6 cm³/mol. The lowest BCUT2D eigenvalue weighted by Gasteiger charge is -2.37. The lowest BCUT2D eigenvalue weighted by Crippen LogP contribution is -2.47. The van der Waals surface area contributed by atoms with Crippen LogP contribution in [0.4, 0.5) is 0 Å². The molecule has 84 valence electrons. The molecular formula is C11H16BrNO2. The SMILES string of the molecule is O=C1CC2(CCCC2)CC(=O)N1CCBr. The average Bonchev–Trinajstić information content (AvgIpc) is 2.60. The molecule has 0 radical (unpaired) electrons. The maximum absolute atomic E-state index is 11.8. The Kier molecular flexibility index (Phi) is 3.14. The van der Waals surface area contributed by atoms with Gasteiger partial charge >= 0.3 is 0 Å². The highest BCUT2D eigenvalue weighted by molar-refractivity contribution is 9.09. The zero-order chi connectivity index (χ0) is 10.9. The number of rotatable bonds is 2. The topological polar surface area (TPSA) is 37.4 Å². The van der Waals surface area contributed by atoms with Crippen LogP contribution in [0, 0.1) is 5.41 Å². The number of imide groups is 1. The molecule has 2 fully saturated rings. The second kappa shape index (κ2) is 4.24. The minimum absolute atomic E-state index is 0.0348. The van der Waals surface area contributed by atoms with Crippen molar-refractivity contribution in [3.63, 3.8) is 0 Å². The van der Waals surface area contributed by atoms with Gasteiger partial charge < -0.3 is 0 Å². The van der Waals surface area contributed by atoms with Crippen LogP contribution in [0.2, 0.25) is 0 Å². The quantitative estimate of drug-likeness (QED) is 0.571. The molecule has 0 aromatic carbocycles. The number of amides is 2. The summed E-state index contributed by atoms with van der Waals surface area (Å²) in [7, 11) is 0. The number of hydrogen-bond acceptors (Lipinski definition) is 2. The van der Waals surface area contributed by atoms with E-state index in [2.05, 4.69) is 15.9 Å². The van der Waals surface area contributed by atoms with E-state index in [-0.39, 0.29) is 17.2 Å². The van der Waals surface area contributed by atoms with E-state index in [1.807, 2.05) is 0 Å². The van der Waals surface area contributed by atoms with E-state index in [0.717, 1.165) is 12.8 Å². The summed E-state index contributed by atoms with van der Waals surface area (Å²) in [6.07, 6.45) is 5.66. The molecule has 2 amide bonds. The Morgan fingerprint density at radius 3 is 2.13 bits per heavy atom. The summed E-state index contributed by atoms with van der Waals surface area (Å²) in [5.74, 6) is 0.0696. The average molecular weight is 274 g/mol. The Balaban J connectivity index is 2.09. The smallest absolute Gasteiger partial charge is 0.229 e. The Hall–Kier alpha value is -0.380. The molecule has 0 atom stereocenters. The van der Waals surface area contributed by atoms with Gasteiger partial charge in [-0.15, -0.1) is 0 Å². The number of carbonyl (C=O) groups excluding carboxylic acids is 2. The fourth-order valence-corrected chi connectivity index (χ4v) is 3.20. The van der Waals surface area contributed by atoms with Crippen molar-refractivity contribution in [2.24, 2.45) is 5.41 Å². The highest BCUT2D eigenvalue weighted by atomic mass is 79.9. The molecular weight excluding hydrogens is 258 g/mol. The molecule has 0 aromatic heterocycles. The van der Waals surface area contributed by atoms with Crippen molar-refractivity contribution in [1.82, 2.24) is 4.90 Å². The zero-order valence-corrected chi connectivity index (χ0v) is 10.4. The Morgan fingerprint density at radius 1 is 1.13 bits per heavy atom. The second-order valence-electron chi connectivity index (χ2n) is 4.69. The number of halogens is 1. The van der Waals surface area contributed by atoms with Gasteiger partial charge in [0.1, 0.15) is 0 Å². The Labute approximate surface area is 98.3 Å². The zero-order valence-electron chi connectivity index (χ0n) is 8.80. The molecule has 1 aliphatic carbocycles. The van der Waals surface area contributed by atoms with Crippen LogP contribution in [0.3, 0.4) is 0 Å². The third-order valence-electron chi connectivity index (χ3n) is 3.63. The van der Waals surface area contributed by atoms with E-state index in [4.69, 9.17) is 0 Å². The van der Waals surface area contributed by atoms with E-state index in [0.29, 0.717) is 24.7 Å². The molecule has 2 aliphatic rings. The van der Waals surface area contributed by atoms with E-state index in [1.54, 1.807) is 0 Å². The first-order valence-corrected chi connectivity index (χ1v) is 6.68. The number of carbonyl (C=O) groups is 2. The molecule has 0 aromatic rings. The van der Waals surface area contributed by atoms with Crippen LogP contribution in [0.1, 0.15) is 38.5 Å². The van der Waals surface area contributed by atoms with Crippen molar-refractivity contribution in [2.75, 3.05) is 11.9 Å². The fraction of sp³-hybridized carbons (Fsp3) is 0.818. The first-order valence-electron chi connectivity index (χ1n) is 5.56. The van der Waals surface area contributed by atoms with Gasteiger partial charge in [0, 0.05) is 24.7 Å². The molecule has 1 aliphatic heterocycles. The molecule has 4 heteroatoms.